The lowest BCUT2D eigenvalue weighted by Crippen LogP contribution is -1.80. The van der Waals surface area contributed by atoms with E-state index in [0.29, 0.717) is 0 Å². The first-order chi connectivity index (χ1) is 5.29. The van der Waals surface area contributed by atoms with Gasteiger partial charge in [-0.15, -0.1) is 0 Å². The molecule has 0 saturated heterocycles. The van der Waals surface area contributed by atoms with Gasteiger partial charge in [-0.2, -0.15) is 0 Å². The number of rotatable bonds is 4. The molecule has 0 aliphatic rings. The molecule has 0 spiro atoms. The summed E-state index contributed by atoms with van der Waals surface area (Å²) in [5.41, 5.74) is 1.60. The summed E-state index contributed by atoms with van der Waals surface area (Å²) in [5.74, 6) is 0. The lowest BCUT2D eigenvalue weighted by Gasteiger charge is -1.97. The molecule has 2 heteroatoms. The highest BCUT2D eigenvalue weighted by Crippen LogP contribution is 2.11. The first kappa shape index (κ1) is 9.56. The Morgan fingerprint density at radius 1 is 1.36 bits per heavy atom. The molecule has 0 atom stereocenters. The monoisotopic (exact) mass is 148 g/mol. The Bertz CT molecular complexity index is 222. The standard InChI is InChI=1S/C9H12N2/c1-5-8(7-10-3)9(6-2)11-4/h5-7H,1,3-4H2,2H3/b8-7-,9-6+. The molecule has 0 aliphatic carbocycles. The smallest absolute Gasteiger partial charge is 0.0667 e. The molecule has 0 aliphatic heterocycles. The van der Waals surface area contributed by atoms with Crippen LogP contribution in [0.1, 0.15) is 6.92 Å². The molecule has 58 valence electrons. The number of hydrogen-bond donors (Lipinski definition) is 0. The highest BCUT2D eigenvalue weighted by Gasteiger charge is 1.94. The Kier molecular flexibility index (Phi) is 4.65. The van der Waals surface area contributed by atoms with Crippen molar-refractivity contribution in [3.63, 3.8) is 0 Å². The quantitative estimate of drug-likeness (QED) is 0.432. The summed E-state index contributed by atoms with van der Waals surface area (Å²) in [5, 5.41) is 0. The van der Waals surface area contributed by atoms with Crippen LogP contribution in [0.15, 0.2) is 46.2 Å². The van der Waals surface area contributed by atoms with E-state index in [9.17, 15) is 0 Å². The van der Waals surface area contributed by atoms with Crippen LogP contribution >= 0.6 is 0 Å². The number of nitrogens with zero attached hydrogens (tertiary/aromatic N) is 2. The van der Waals surface area contributed by atoms with Crippen LogP contribution in [-0.4, -0.2) is 13.4 Å². The maximum absolute atomic E-state index is 3.78. The predicted octanol–water partition coefficient (Wildman–Crippen LogP) is 2.36. The first-order valence-electron chi connectivity index (χ1n) is 3.22. The van der Waals surface area contributed by atoms with Crippen molar-refractivity contribution >= 4 is 13.4 Å². The Morgan fingerprint density at radius 2 is 2.00 bits per heavy atom. The molecule has 0 rings (SSSR count). The van der Waals surface area contributed by atoms with Crippen LogP contribution in [0.3, 0.4) is 0 Å². The summed E-state index contributed by atoms with van der Waals surface area (Å²) in [6.45, 7) is 12.2. The molecule has 2 nitrogen and oxygen atoms in total. The van der Waals surface area contributed by atoms with Gasteiger partial charge in [0, 0.05) is 11.8 Å². The van der Waals surface area contributed by atoms with Gasteiger partial charge >= 0.3 is 0 Å². The molecule has 0 aromatic carbocycles. The van der Waals surface area contributed by atoms with Crippen LogP contribution in [-0.2, 0) is 0 Å². The van der Waals surface area contributed by atoms with E-state index < -0.39 is 0 Å². The largest absolute Gasteiger partial charge is 0.272 e. The van der Waals surface area contributed by atoms with Crippen molar-refractivity contribution in [1.29, 1.82) is 0 Å². The van der Waals surface area contributed by atoms with E-state index in [-0.39, 0.29) is 0 Å². The third-order valence-electron chi connectivity index (χ3n) is 1.19. The maximum Gasteiger partial charge on any atom is 0.0667 e. The number of aliphatic imine (C=N–C) groups is 2. The molecule has 0 unspecified atom stereocenters. The molecular formula is C9H12N2. The molecule has 0 fully saturated rings. The molecule has 0 aromatic heterocycles. The zero-order valence-corrected chi connectivity index (χ0v) is 6.75. The van der Waals surface area contributed by atoms with Crippen LogP contribution in [0, 0.1) is 0 Å². The molecule has 0 amide bonds. The summed E-state index contributed by atoms with van der Waals surface area (Å²) in [7, 11) is 0. The van der Waals surface area contributed by atoms with Crippen molar-refractivity contribution in [2.24, 2.45) is 9.98 Å². The second-order valence-electron chi connectivity index (χ2n) is 1.80. The van der Waals surface area contributed by atoms with Gasteiger partial charge in [0.15, 0.2) is 0 Å². The van der Waals surface area contributed by atoms with Gasteiger partial charge in [0.25, 0.3) is 0 Å². The van der Waals surface area contributed by atoms with Crippen molar-refractivity contribution in [1.82, 2.24) is 0 Å². The van der Waals surface area contributed by atoms with Gasteiger partial charge in [-0.3, -0.25) is 9.98 Å². The maximum atomic E-state index is 3.78. The number of hydrogen-bond acceptors (Lipinski definition) is 2. The van der Waals surface area contributed by atoms with E-state index in [1.807, 2.05) is 13.0 Å². The second kappa shape index (κ2) is 5.35. The molecule has 0 heterocycles. The van der Waals surface area contributed by atoms with Crippen molar-refractivity contribution in [3.05, 3.63) is 36.2 Å². The van der Waals surface area contributed by atoms with Gasteiger partial charge in [-0.05, 0) is 20.4 Å². The highest BCUT2D eigenvalue weighted by atomic mass is 14.7. The minimum Gasteiger partial charge on any atom is -0.272 e. The average Bonchev–Trinajstić information content (AvgIpc) is 2.05. The molecule has 0 radical (unpaired) electrons. The fourth-order valence-electron chi connectivity index (χ4n) is 0.671. The van der Waals surface area contributed by atoms with Crippen LogP contribution in [0.2, 0.25) is 0 Å². The SMILES string of the molecule is C=CC(=C/N=C)/C(=C\C)N=C. The van der Waals surface area contributed by atoms with Gasteiger partial charge in [0.1, 0.15) is 0 Å². The third kappa shape index (κ3) is 2.76. The van der Waals surface area contributed by atoms with Gasteiger partial charge in [-0.25, -0.2) is 0 Å². The topological polar surface area (TPSA) is 24.7 Å². The lowest BCUT2D eigenvalue weighted by atomic mass is 10.2. The fourth-order valence-corrected chi connectivity index (χ4v) is 0.671. The third-order valence-corrected chi connectivity index (χ3v) is 1.19. The van der Waals surface area contributed by atoms with Crippen LogP contribution < -0.4 is 0 Å². The Labute approximate surface area is 67.4 Å². The summed E-state index contributed by atoms with van der Waals surface area (Å²) in [6.07, 6.45) is 5.10. The van der Waals surface area contributed by atoms with E-state index in [4.69, 9.17) is 0 Å². The van der Waals surface area contributed by atoms with E-state index in [1.54, 1.807) is 12.3 Å². The molecule has 0 bridgehead atoms. The minimum absolute atomic E-state index is 0.771. The van der Waals surface area contributed by atoms with Crippen molar-refractivity contribution in [2.45, 2.75) is 6.92 Å². The minimum atomic E-state index is 0.771. The van der Waals surface area contributed by atoms with Crippen LogP contribution in [0.4, 0.5) is 0 Å². The van der Waals surface area contributed by atoms with Crippen LogP contribution in [0.5, 0.6) is 0 Å². The van der Waals surface area contributed by atoms with Gasteiger partial charge in [0.05, 0.1) is 5.70 Å². The van der Waals surface area contributed by atoms with Crippen molar-refractivity contribution in [2.75, 3.05) is 0 Å². The Morgan fingerprint density at radius 3 is 2.27 bits per heavy atom. The van der Waals surface area contributed by atoms with E-state index in [1.165, 1.54) is 0 Å². The predicted molar refractivity (Wildman–Crippen MR) is 51.1 cm³/mol. The van der Waals surface area contributed by atoms with E-state index >= 15 is 0 Å². The molecule has 0 saturated carbocycles. The molecule has 0 N–H and O–H groups in total. The molecular weight excluding hydrogens is 136 g/mol. The van der Waals surface area contributed by atoms with Gasteiger partial charge in [0.2, 0.25) is 0 Å². The lowest BCUT2D eigenvalue weighted by molar-refractivity contribution is 1.32. The summed E-state index contributed by atoms with van der Waals surface area (Å²) in [4.78, 5) is 7.39. The van der Waals surface area contributed by atoms with E-state index in [2.05, 4.69) is 30.0 Å². The fraction of sp³-hybridized carbons (Fsp3) is 0.111. The molecule has 0 aromatic rings. The molecule has 11 heavy (non-hydrogen) atoms. The van der Waals surface area contributed by atoms with Crippen molar-refractivity contribution in [3.8, 4) is 0 Å². The van der Waals surface area contributed by atoms with Crippen molar-refractivity contribution < 1.29 is 0 Å². The number of allylic oxidation sites excluding steroid dienone is 2. The van der Waals surface area contributed by atoms with E-state index in [0.717, 1.165) is 11.3 Å². The van der Waals surface area contributed by atoms with Gasteiger partial charge < -0.3 is 0 Å². The van der Waals surface area contributed by atoms with Crippen LogP contribution in [0.25, 0.3) is 0 Å². The zero-order chi connectivity index (χ0) is 8.69. The normalized spacial score (nSPS) is 12.5. The Balaban J connectivity index is 4.75. The highest BCUT2D eigenvalue weighted by molar-refractivity contribution is 5.44. The summed E-state index contributed by atoms with van der Waals surface area (Å²) in [6, 6.07) is 0. The Hall–Kier alpha value is -1.44. The first-order valence-corrected chi connectivity index (χ1v) is 3.22. The zero-order valence-electron chi connectivity index (χ0n) is 6.75. The summed E-state index contributed by atoms with van der Waals surface area (Å²) >= 11 is 0. The second-order valence-corrected chi connectivity index (χ2v) is 1.80. The van der Waals surface area contributed by atoms with Gasteiger partial charge in [-0.1, -0.05) is 18.7 Å². The summed E-state index contributed by atoms with van der Waals surface area (Å²) < 4.78 is 0. The average molecular weight is 148 g/mol.